The quantitative estimate of drug-likeness (QED) is 0.441. The van der Waals surface area contributed by atoms with E-state index in [0.29, 0.717) is 6.54 Å². The monoisotopic (exact) mass is 251 g/mol. The number of likely N-dealkylation sites (N-methyl/N-ethyl adjacent to an activating group) is 2. The molecule has 0 spiro atoms. The Morgan fingerprint density at radius 2 is 1.89 bits per heavy atom. The van der Waals surface area contributed by atoms with Gasteiger partial charge in [0.05, 0.1) is 11.5 Å². The highest BCUT2D eigenvalue weighted by Gasteiger charge is 2.11. The summed E-state index contributed by atoms with van der Waals surface area (Å²) in [5, 5.41) is 20.2. The van der Waals surface area contributed by atoms with E-state index in [-0.39, 0.29) is 11.4 Å². The predicted molar refractivity (Wildman–Crippen MR) is 68.8 cm³/mol. The van der Waals surface area contributed by atoms with Gasteiger partial charge in [0.2, 0.25) is 0 Å². The van der Waals surface area contributed by atoms with Gasteiger partial charge in [0, 0.05) is 19.7 Å². The van der Waals surface area contributed by atoms with Crippen molar-refractivity contribution in [3.63, 3.8) is 0 Å². The number of benzene rings is 1. The molecule has 18 heavy (non-hydrogen) atoms. The topological polar surface area (TPSA) is 74.3 Å². The maximum absolute atomic E-state index is 10.8. The highest BCUT2D eigenvalue weighted by Crippen LogP contribution is 2.26. The highest BCUT2D eigenvalue weighted by atomic mass is 16.6. The minimum absolute atomic E-state index is 0.0396. The average Bonchev–Trinajstić information content (AvgIpc) is 2.34. The first-order chi connectivity index (χ1) is 8.50. The molecule has 1 aromatic carbocycles. The summed E-state index contributed by atoms with van der Waals surface area (Å²) in [7, 11) is 5.71. The predicted octanol–water partition coefficient (Wildman–Crippen LogP) is 2.09. The van der Waals surface area contributed by atoms with Gasteiger partial charge in [-0.2, -0.15) is 0 Å². The molecular weight excluding hydrogens is 234 g/mol. The van der Waals surface area contributed by atoms with Crippen LogP contribution < -0.4 is 0 Å². The van der Waals surface area contributed by atoms with E-state index < -0.39 is 4.92 Å². The summed E-state index contributed by atoms with van der Waals surface area (Å²) in [5.41, 5.74) is 0.224. The van der Waals surface area contributed by atoms with Gasteiger partial charge in [0.15, 0.2) is 5.69 Å². The number of nitro benzene ring substituents is 1. The molecule has 0 aromatic heterocycles. The number of rotatable bonds is 6. The molecule has 0 saturated heterocycles. The lowest BCUT2D eigenvalue weighted by atomic mass is 10.3. The lowest BCUT2D eigenvalue weighted by molar-refractivity contribution is -0.384. The van der Waals surface area contributed by atoms with Crippen LogP contribution in [0.4, 0.5) is 11.4 Å². The summed E-state index contributed by atoms with van der Waals surface area (Å²) in [6.07, 6.45) is 0. The highest BCUT2D eigenvalue weighted by molar-refractivity contribution is 5.56. The SMILES string of the molecule is CN(C)CCN(C)N=Nc1ccccc1[N+](=O)[O-]. The van der Waals surface area contributed by atoms with E-state index in [2.05, 4.69) is 10.3 Å². The minimum atomic E-state index is -0.464. The van der Waals surface area contributed by atoms with Crippen molar-refractivity contribution in [1.82, 2.24) is 9.91 Å². The summed E-state index contributed by atoms with van der Waals surface area (Å²) >= 11 is 0. The van der Waals surface area contributed by atoms with Crippen LogP contribution in [0.2, 0.25) is 0 Å². The summed E-state index contributed by atoms with van der Waals surface area (Å²) in [4.78, 5) is 12.3. The maximum Gasteiger partial charge on any atom is 0.296 e. The van der Waals surface area contributed by atoms with Gasteiger partial charge in [-0.3, -0.25) is 15.1 Å². The third-order valence-electron chi connectivity index (χ3n) is 2.25. The second-order valence-electron chi connectivity index (χ2n) is 4.12. The lowest BCUT2D eigenvalue weighted by Crippen LogP contribution is -2.24. The molecule has 7 heteroatoms. The third-order valence-corrected chi connectivity index (χ3v) is 2.25. The van der Waals surface area contributed by atoms with Gasteiger partial charge in [-0.15, -0.1) is 5.11 Å². The molecule has 0 heterocycles. The number of nitrogens with zero attached hydrogens (tertiary/aromatic N) is 5. The Hall–Kier alpha value is -2.02. The first-order valence-corrected chi connectivity index (χ1v) is 5.51. The summed E-state index contributed by atoms with van der Waals surface area (Å²) in [6.45, 7) is 1.55. The zero-order valence-corrected chi connectivity index (χ0v) is 10.8. The van der Waals surface area contributed by atoms with Gasteiger partial charge in [0.1, 0.15) is 0 Å². The van der Waals surface area contributed by atoms with Crippen LogP contribution in [-0.4, -0.2) is 49.1 Å². The molecule has 0 radical (unpaired) electrons. The summed E-state index contributed by atoms with van der Waals surface area (Å²) in [6, 6.07) is 6.28. The molecule has 0 bridgehead atoms. The minimum Gasteiger partial charge on any atom is -0.308 e. The number of hydrogen-bond donors (Lipinski definition) is 0. The van der Waals surface area contributed by atoms with Gasteiger partial charge in [-0.1, -0.05) is 17.4 Å². The van der Waals surface area contributed by atoms with Crippen molar-refractivity contribution in [1.29, 1.82) is 0 Å². The average molecular weight is 251 g/mol. The molecule has 0 unspecified atom stereocenters. The standard InChI is InChI=1S/C11H17N5O2/c1-14(2)8-9-15(3)13-12-10-6-4-5-7-11(10)16(17)18/h4-7H,8-9H2,1-3H3. The summed E-state index contributed by atoms with van der Waals surface area (Å²) < 4.78 is 0. The van der Waals surface area contributed by atoms with Crippen molar-refractivity contribution in [2.24, 2.45) is 10.3 Å². The van der Waals surface area contributed by atoms with Crippen LogP contribution >= 0.6 is 0 Å². The Labute approximate surface area is 106 Å². The third kappa shape index (κ3) is 4.46. The Bertz CT molecular complexity index is 433. The van der Waals surface area contributed by atoms with Gasteiger partial charge >= 0.3 is 0 Å². The van der Waals surface area contributed by atoms with Crippen molar-refractivity contribution in [2.45, 2.75) is 0 Å². The lowest BCUT2D eigenvalue weighted by Gasteiger charge is -2.14. The van der Waals surface area contributed by atoms with E-state index in [0.717, 1.165) is 6.54 Å². The van der Waals surface area contributed by atoms with Crippen molar-refractivity contribution >= 4 is 11.4 Å². The fraction of sp³-hybridized carbons (Fsp3) is 0.455. The van der Waals surface area contributed by atoms with Crippen molar-refractivity contribution in [3.8, 4) is 0 Å². The molecule has 1 rings (SSSR count). The number of hydrogen-bond acceptors (Lipinski definition) is 5. The van der Waals surface area contributed by atoms with Crippen LogP contribution in [0.1, 0.15) is 0 Å². The fourth-order valence-corrected chi connectivity index (χ4v) is 1.22. The van der Waals surface area contributed by atoms with Crippen molar-refractivity contribution < 1.29 is 4.92 Å². The molecule has 0 saturated carbocycles. The zero-order valence-electron chi connectivity index (χ0n) is 10.8. The molecule has 0 aliphatic heterocycles. The Kier molecular flexibility index (Phi) is 5.19. The van der Waals surface area contributed by atoms with Crippen molar-refractivity contribution in [3.05, 3.63) is 34.4 Å². The van der Waals surface area contributed by atoms with E-state index in [1.54, 1.807) is 30.3 Å². The molecule has 0 aliphatic rings. The van der Waals surface area contributed by atoms with Crippen LogP contribution in [0.15, 0.2) is 34.6 Å². The Balaban J connectivity index is 2.69. The second-order valence-corrected chi connectivity index (χ2v) is 4.12. The first-order valence-electron chi connectivity index (χ1n) is 5.51. The molecule has 98 valence electrons. The Morgan fingerprint density at radius 1 is 1.22 bits per heavy atom. The molecule has 0 aliphatic carbocycles. The zero-order chi connectivity index (χ0) is 13.5. The van der Waals surface area contributed by atoms with Crippen LogP contribution in [0, 0.1) is 10.1 Å². The van der Waals surface area contributed by atoms with Crippen LogP contribution in [-0.2, 0) is 0 Å². The maximum atomic E-state index is 10.8. The Morgan fingerprint density at radius 3 is 2.50 bits per heavy atom. The molecule has 0 N–H and O–H groups in total. The molecular formula is C11H17N5O2. The molecule has 7 nitrogen and oxygen atoms in total. The van der Waals surface area contributed by atoms with E-state index in [1.807, 2.05) is 19.0 Å². The van der Waals surface area contributed by atoms with Crippen LogP contribution in [0.25, 0.3) is 0 Å². The van der Waals surface area contributed by atoms with Gasteiger partial charge in [0.25, 0.3) is 5.69 Å². The van der Waals surface area contributed by atoms with E-state index in [9.17, 15) is 10.1 Å². The van der Waals surface area contributed by atoms with Gasteiger partial charge < -0.3 is 4.90 Å². The molecule has 0 atom stereocenters. The first kappa shape index (κ1) is 14.0. The second kappa shape index (κ2) is 6.65. The largest absolute Gasteiger partial charge is 0.308 e. The van der Waals surface area contributed by atoms with E-state index in [1.165, 1.54) is 6.07 Å². The van der Waals surface area contributed by atoms with Crippen molar-refractivity contribution in [2.75, 3.05) is 34.2 Å². The van der Waals surface area contributed by atoms with Gasteiger partial charge in [-0.05, 0) is 20.2 Å². The van der Waals surface area contributed by atoms with E-state index in [4.69, 9.17) is 0 Å². The van der Waals surface area contributed by atoms with Crippen LogP contribution in [0.5, 0.6) is 0 Å². The molecule has 0 fully saturated rings. The fourth-order valence-electron chi connectivity index (χ4n) is 1.22. The van der Waals surface area contributed by atoms with Crippen LogP contribution in [0.3, 0.4) is 0 Å². The van der Waals surface area contributed by atoms with Gasteiger partial charge in [-0.25, -0.2) is 0 Å². The summed E-state index contributed by atoms with van der Waals surface area (Å²) in [5.74, 6) is 0. The van der Waals surface area contributed by atoms with E-state index >= 15 is 0 Å². The number of nitro groups is 1. The smallest absolute Gasteiger partial charge is 0.296 e. The number of para-hydroxylation sites is 1. The molecule has 1 aromatic rings. The normalized spacial score (nSPS) is 11.1. The molecule has 0 amide bonds.